The second-order valence-electron chi connectivity index (χ2n) is 6.45. The van der Waals surface area contributed by atoms with E-state index in [9.17, 15) is 4.79 Å². The van der Waals surface area contributed by atoms with E-state index >= 15 is 0 Å². The Kier molecular flexibility index (Phi) is 4.83. The summed E-state index contributed by atoms with van der Waals surface area (Å²) >= 11 is 12.3. The molecule has 0 radical (unpaired) electrons. The number of fused-ring (bicyclic) bond motifs is 1. The van der Waals surface area contributed by atoms with Crippen LogP contribution in [-0.2, 0) is 11.2 Å². The van der Waals surface area contributed by atoms with E-state index in [2.05, 4.69) is 10.2 Å². The van der Waals surface area contributed by atoms with Crippen LogP contribution < -0.4 is 0 Å². The van der Waals surface area contributed by atoms with E-state index in [0.29, 0.717) is 22.9 Å². The quantitative estimate of drug-likeness (QED) is 0.667. The summed E-state index contributed by atoms with van der Waals surface area (Å²) in [4.78, 5) is 14.8. The van der Waals surface area contributed by atoms with Gasteiger partial charge in [-0.15, -0.1) is 10.2 Å². The lowest BCUT2D eigenvalue weighted by Gasteiger charge is -2.23. The fourth-order valence-corrected chi connectivity index (χ4v) is 3.96. The van der Waals surface area contributed by atoms with Crippen LogP contribution in [0.15, 0.2) is 42.6 Å². The Balaban J connectivity index is 1.51. The van der Waals surface area contributed by atoms with E-state index < -0.39 is 0 Å². The molecule has 0 spiro atoms. The zero-order valence-electron chi connectivity index (χ0n) is 14.1. The van der Waals surface area contributed by atoms with Crippen molar-refractivity contribution in [3.63, 3.8) is 0 Å². The van der Waals surface area contributed by atoms with Gasteiger partial charge in [0.1, 0.15) is 0 Å². The Labute approximate surface area is 161 Å². The molecule has 1 saturated heterocycles. The van der Waals surface area contributed by atoms with Crippen LogP contribution in [-0.4, -0.2) is 31.9 Å². The van der Waals surface area contributed by atoms with Crippen LogP contribution in [0.3, 0.4) is 0 Å². The molecular weight excluding hydrogens is 371 g/mol. The third-order valence-electron chi connectivity index (χ3n) is 4.85. The van der Waals surface area contributed by atoms with Gasteiger partial charge in [0, 0.05) is 19.2 Å². The Morgan fingerprint density at radius 3 is 2.92 bits per heavy atom. The first-order valence-electron chi connectivity index (χ1n) is 8.67. The predicted molar refractivity (Wildman–Crippen MR) is 101 cm³/mol. The molecule has 0 N–H and O–H groups in total. The van der Waals surface area contributed by atoms with Crippen LogP contribution in [0.1, 0.15) is 36.7 Å². The first-order valence-corrected chi connectivity index (χ1v) is 9.43. The van der Waals surface area contributed by atoms with Gasteiger partial charge in [-0.3, -0.25) is 9.20 Å². The van der Waals surface area contributed by atoms with Gasteiger partial charge in [-0.05, 0) is 43.0 Å². The van der Waals surface area contributed by atoms with Gasteiger partial charge in [0.25, 0.3) is 0 Å². The summed E-state index contributed by atoms with van der Waals surface area (Å²) in [6, 6.07) is 11.3. The van der Waals surface area contributed by atoms with E-state index in [1.165, 1.54) is 0 Å². The second-order valence-corrected chi connectivity index (χ2v) is 7.23. The normalized spacial score (nSPS) is 17.2. The van der Waals surface area contributed by atoms with Crippen LogP contribution >= 0.6 is 23.2 Å². The number of amides is 1. The fraction of sp³-hybridized carbons (Fsp3) is 0.316. The SMILES string of the molecule is O=C(CCc1cccc(Cl)c1Cl)N1CCCC1c1nnc2ccccn12. The summed E-state index contributed by atoms with van der Waals surface area (Å²) in [6.07, 6.45) is 4.78. The van der Waals surface area contributed by atoms with E-state index in [1.54, 1.807) is 6.07 Å². The highest BCUT2D eigenvalue weighted by Crippen LogP contribution is 2.32. The Hall–Kier alpha value is -2.11. The average Bonchev–Trinajstić information content (AvgIpc) is 3.29. The summed E-state index contributed by atoms with van der Waals surface area (Å²) < 4.78 is 1.96. The van der Waals surface area contributed by atoms with Gasteiger partial charge >= 0.3 is 0 Å². The van der Waals surface area contributed by atoms with Crippen molar-refractivity contribution in [1.82, 2.24) is 19.5 Å². The number of halogens is 2. The predicted octanol–water partition coefficient (Wildman–Crippen LogP) is 4.33. The largest absolute Gasteiger partial charge is 0.332 e. The Morgan fingerprint density at radius 2 is 2.04 bits per heavy atom. The van der Waals surface area contributed by atoms with Gasteiger partial charge in [-0.25, -0.2) is 0 Å². The number of benzene rings is 1. The van der Waals surface area contributed by atoms with E-state index in [-0.39, 0.29) is 11.9 Å². The van der Waals surface area contributed by atoms with E-state index in [0.717, 1.165) is 36.4 Å². The molecule has 0 bridgehead atoms. The zero-order valence-corrected chi connectivity index (χ0v) is 15.6. The van der Waals surface area contributed by atoms with Crippen LogP contribution in [0.5, 0.6) is 0 Å². The number of carbonyl (C=O) groups is 1. The molecule has 1 atom stereocenters. The molecule has 1 unspecified atom stereocenters. The lowest BCUT2D eigenvalue weighted by Crippen LogP contribution is -2.31. The number of aromatic nitrogens is 3. The summed E-state index contributed by atoms with van der Waals surface area (Å²) in [5.41, 5.74) is 1.70. The molecule has 2 aromatic heterocycles. The van der Waals surface area contributed by atoms with E-state index in [1.807, 2.05) is 45.8 Å². The minimum absolute atomic E-state index is 0.0327. The average molecular weight is 389 g/mol. The highest BCUT2D eigenvalue weighted by Gasteiger charge is 2.32. The van der Waals surface area contributed by atoms with Gasteiger partial charge in [-0.2, -0.15) is 0 Å². The van der Waals surface area contributed by atoms with Crippen molar-refractivity contribution in [2.45, 2.75) is 31.7 Å². The summed E-state index contributed by atoms with van der Waals surface area (Å²) in [5, 5.41) is 9.60. The number of aryl methyl sites for hydroxylation is 1. The molecule has 3 aromatic rings. The third kappa shape index (κ3) is 3.17. The molecule has 7 heteroatoms. The molecule has 1 aliphatic heterocycles. The Bertz CT molecular complexity index is 956. The standard InChI is InChI=1S/C19H18Cl2N4O/c20-14-6-3-5-13(18(14)21)9-10-17(26)24-12-4-7-15(24)19-23-22-16-8-1-2-11-25(16)19/h1-3,5-6,8,11,15H,4,7,9-10,12H2. The summed E-state index contributed by atoms with van der Waals surface area (Å²) in [6.45, 7) is 0.745. The zero-order chi connectivity index (χ0) is 18.1. The van der Waals surface area contributed by atoms with Gasteiger partial charge in [0.2, 0.25) is 5.91 Å². The molecule has 3 heterocycles. The smallest absolute Gasteiger partial charge is 0.223 e. The van der Waals surface area contributed by atoms with Crippen LogP contribution in [0.4, 0.5) is 0 Å². The van der Waals surface area contributed by atoms with Crippen LogP contribution in [0, 0.1) is 0 Å². The lowest BCUT2D eigenvalue weighted by atomic mass is 10.1. The molecular formula is C19H18Cl2N4O. The first kappa shape index (κ1) is 17.3. The van der Waals surface area contributed by atoms with Crippen molar-refractivity contribution in [2.75, 3.05) is 6.54 Å². The van der Waals surface area contributed by atoms with Crippen LogP contribution in [0.25, 0.3) is 5.65 Å². The number of nitrogens with zero attached hydrogens (tertiary/aromatic N) is 4. The maximum absolute atomic E-state index is 12.8. The molecule has 134 valence electrons. The first-order chi connectivity index (χ1) is 12.6. The van der Waals surface area contributed by atoms with Crippen molar-refractivity contribution in [1.29, 1.82) is 0 Å². The van der Waals surface area contributed by atoms with Gasteiger partial charge in [-0.1, -0.05) is 41.4 Å². The molecule has 4 rings (SSSR count). The number of pyridine rings is 1. The molecule has 5 nitrogen and oxygen atoms in total. The molecule has 1 aromatic carbocycles. The van der Waals surface area contributed by atoms with Crippen molar-refractivity contribution in [3.05, 3.63) is 64.0 Å². The highest BCUT2D eigenvalue weighted by atomic mass is 35.5. The van der Waals surface area contributed by atoms with Crippen molar-refractivity contribution >= 4 is 34.8 Å². The van der Waals surface area contributed by atoms with E-state index in [4.69, 9.17) is 23.2 Å². The minimum atomic E-state index is -0.0327. The van der Waals surface area contributed by atoms with Crippen molar-refractivity contribution < 1.29 is 4.79 Å². The van der Waals surface area contributed by atoms with Crippen LogP contribution in [0.2, 0.25) is 10.0 Å². The number of likely N-dealkylation sites (tertiary alicyclic amines) is 1. The van der Waals surface area contributed by atoms with Gasteiger partial charge in [0.05, 0.1) is 16.1 Å². The van der Waals surface area contributed by atoms with Crippen molar-refractivity contribution in [3.8, 4) is 0 Å². The number of rotatable bonds is 4. The van der Waals surface area contributed by atoms with Crippen molar-refractivity contribution in [2.24, 2.45) is 0 Å². The molecule has 1 fully saturated rings. The molecule has 0 aliphatic carbocycles. The maximum atomic E-state index is 12.8. The molecule has 0 saturated carbocycles. The fourth-order valence-electron chi connectivity index (χ4n) is 3.55. The third-order valence-corrected chi connectivity index (χ3v) is 5.71. The van der Waals surface area contributed by atoms with Gasteiger partial charge in [0.15, 0.2) is 11.5 Å². The number of hydrogen-bond acceptors (Lipinski definition) is 3. The Morgan fingerprint density at radius 1 is 1.15 bits per heavy atom. The highest BCUT2D eigenvalue weighted by molar-refractivity contribution is 6.42. The number of carbonyl (C=O) groups excluding carboxylic acids is 1. The summed E-state index contributed by atoms with van der Waals surface area (Å²) in [5.74, 6) is 0.934. The van der Waals surface area contributed by atoms with Gasteiger partial charge < -0.3 is 4.90 Å². The monoisotopic (exact) mass is 388 g/mol. The molecule has 1 aliphatic rings. The maximum Gasteiger partial charge on any atom is 0.223 e. The summed E-state index contributed by atoms with van der Waals surface area (Å²) in [7, 11) is 0. The lowest BCUT2D eigenvalue weighted by molar-refractivity contribution is -0.132. The molecule has 1 amide bonds. The second kappa shape index (κ2) is 7.25. The topological polar surface area (TPSA) is 50.5 Å². The molecule has 26 heavy (non-hydrogen) atoms. The number of hydrogen-bond donors (Lipinski definition) is 0. The minimum Gasteiger partial charge on any atom is -0.332 e.